The van der Waals surface area contributed by atoms with Crippen LogP contribution < -0.4 is 15.5 Å². The van der Waals surface area contributed by atoms with Crippen molar-refractivity contribution in [2.45, 2.75) is 58.6 Å². The monoisotopic (exact) mass is 654 g/mol. The van der Waals surface area contributed by atoms with Crippen molar-refractivity contribution in [3.05, 3.63) is 90.1 Å². The summed E-state index contributed by atoms with van der Waals surface area (Å²) in [6, 6.07) is 21.4. The largest absolute Gasteiger partial charge is 0.507 e. The molecule has 4 rings (SSSR count). The number of phenolic OH excluding ortho intramolecular Hbond substituents is 1. The van der Waals surface area contributed by atoms with Crippen molar-refractivity contribution in [3.63, 3.8) is 0 Å². The second-order valence-electron chi connectivity index (χ2n) is 12.4. The van der Waals surface area contributed by atoms with Gasteiger partial charge in [0.05, 0.1) is 26.1 Å². The molecule has 0 spiro atoms. The number of amides is 3. The highest BCUT2D eigenvalue weighted by molar-refractivity contribution is 6.00. The Balaban J connectivity index is 1.36. The van der Waals surface area contributed by atoms with E-state index in [4.69, 9.17) is 9.47 Å². The number of carbonyl (C=O) groups is 4. The predicted octanol–water partition coefficient (Wildman–Crippen LogP) is 5.97. The summed E-state index contributed by atoms with van der Waals surface area (Å²) in [6.07, 6.45) is 1.28. The number of phenols is 1. The highest BCUT2D eigenvalue weighted by Gasteiger charge is 2.25. The van der Waals surface area contributed by atoms with Crippen LogP contribution in [0.3, 0.4) is 0 Å². The van der Waals surface area contributed by atoms with Gasteiger partial charge in [-0.1, -0.05) is 54.6 Å². The number of rotatable bonds is 12. The second kappa shape index (κ2) is 15.9. The molecule has 0 bridgehead atoms. The number of anilines is 1. The van der Waals surface area contributed by atoms with E-state index in [-0.39, 0.29) is 37.6 Å². The van der Waals surface area contributed by atoms with Crippen LogP contribution in [0.4, 0.5) is 10.6 Å². The summed E-state index contributed by atoms with van der Waals surface area (Å²) >= 11 is 0. The molecule has 3 amide bonds. The SMILES string of the molecule is COC(=O)CC(NC(=O)CNC(=O)CCCN(C(=O)OC(C)(C)C)c1cc(C)ccn1)c1ccc(-c2ccc(O)c3ccccc23)cc1. The average molecular weight is 655 g/mol. The summed E-state index contributed by atoms with van der Waals surface area (Å²) in [4.78, 5) is 56.4. The summed E-state index contributed by atoms with van der Waals surface area (Å²) in [5, 5.41) is 17.3. The fourth-order valence-corrected chi connectivity index (χ4v) is 5.13. The zero-order valence-corrected chi connectivity index (χ0v) is 27.9. The van der Waals surface area contributed by atoms with Crippen LogP contribution >= 0.6 is 0 Å². The normalized spacial score (nSPS) is 11.8. The van der Waals surface area contributed by atoms with E-state index in [1.54, 1.807) is 39.1 Å². The lowest BCUT2D eigenvalue weighted by atomic mass is 9.95. The standard InChI is InChI=1S/C37H42N4O7/c1-24-18-19-38-32(21-24)41(36(46)48-37(2,3)4)20-8-11-33(43)39-23-34(44)40-30(22-35(45)47-5)26-14-12-25(13-15-26)27-16-17-31(42)29-10-7-6-9-28(27)29/h6-7,9-10,12-19,21,30,42H,8,11,20,22-23H2,1-5H3,(H,39,43)(H,40,44). The van der Waals surface area contributed by atoms with E-state index >= 15 is 0 Å². The number of aromatic nitrogens is 1. The third-order valence-corrected chi connectivity index (χ3v) is 7.48. The molecule has 0 fully saturated rings. The molecular formula is C37H42N4O7. The first-order chi connectivity index (χ1) is 22.8. The summed E-state index contributed by atoms with van der Waals surface area (Å²) < 4.78 is 10.4. The Morgan fingerprint density at radius 2 is 1.65 bits per heavy atom. The minimum atomic E-state index is -0.709. The van der Waals surface area contributed by atoms with E-state index in [2.05, 4.69) is 15.6 Å². The average Bonchev–Trinajstić information content (AvgIpc) is 3.05. The van der Waals surface area contributed by atoms with Crippen LogP contribution in [0.2, 0.25) is 0 Å². The Morgan fingerprint density at radius 3 is 2.31 bits per heavy atom. The molecule has 0 aliphatic heterocycles. The number of pyridine rings is 1. The minimum Gasteiger partial charge on any atom is -0.507 e. The predicted molar refractivity (Wildman–Crippen MR) is 183 cm³/mol. The molecule has 4 aromatic rings. The molecule has 3 N–H and O–H groups in total. The van der Waals surface area contributed by atoms with Crippen molar-refractivity contribution in [2.24, 2.45) is 0 Å². The first-order valence-corrected chi connectivity index (χ1v) is 15.7. The number of ether oxygens (including phenoxy) is 2. The van der Waals surface area contributed by atoms with Gasteiger partial charge in [0.1, 0.15) is 17.2 Å². The van der Waals surface area contributed by atoms with E-state index in [0.717, 1.165) is 27.5 Å². The maximum Gasteiger partial charge on any atom is 0.416 e. The Bertz CT molecular complexity index is 1770. The molecule has 1 unspecified atom stereocenters. The van der Waals surface area contributed by atoms with E-state index in [9.17, 15) is 24.3 Å². The van der Waals surface area contributed by atoms with Crippen LogP contribution in [0.1, 0.15) is 57.2 Å². The van der Waals surface area contributed by atoms with Crippen LogP contribution in [0.15, 0.2) is 79.0 Å². The van der Waals surface area contributed by atoms with Crippen molar-refractivity contribution in [1.29, 1.82) is 0 Å². The molecule has 252 valence electrons. The van der Waals surface area contributed by atoms with Crippen LogP contribution in [0.5, 0.6) is 5.75 Å². The van der Waals surface area contributed by atoms with E-state index in [1.807, 2.05) is 67.6 Å². The number of esters is 1. The van der Waals surface area contributed by atoms with Gasteiger partial charge in [0.15, 0.2) is 0 Å². The molecule has 0 radical (unpaired) electrons. The van der Waals surface area contributed by atoms with Gasteiger partial charge in [0.2, 0.25) is 11.8 Å². The number of hydrogen-bond donors (Lipinski definition) is 3. The fraction of sp³-hybridized carbons (Fsp3) is 0.324. The van der Waals surface area contributed by atoms with Crippen LogP contribution in [-0.4, -0.2) is 59.8 Å². The molecule has 3 aromatic carbocycles. The highest BCUT2D eigenvalue weighted by atomic mass is 16.6. The third-order valence-electron chi connectivity index (χ3n) is 7.48. The van der Waals surface area contributed by atoms with Gasteiger partial charge < -0.3 is 25.2 Å². The first kappa shape index (κ1) is 35.4. The summed E-state index contributed by atoms with van der Waals surface area (Å²) in [7, 11) is 1.28. The van der Waals surface area contributed by atoms with Crippen molar-refractivity contribution in [3.8, 4) is 16.9 Å². The summed E-state index contributed by atoms with van der Waals surface area (Å²) in [5.41, 5.74) is 2.72. The zero-order chi connectivity index (χ0) is 34.8. The Labute approximate surface area is 280 Å². The summed E-state index contributed by atoms with van der Waals surface area (Å²) in [5.74, 6) is -0.742. The molecule has 0 aliphatic carbocycles. The second-order valence-corrected chi connectivity index (χ2v) is 12.4. The van der Waals surface area contributed by atoms with Gasteiger partial charge in [-0.3, -0.25) is 19.3 Å². The number of methoxy groups -OCH3 is 1. The molecule has 1 aromatic heterocycles. The van der Waals surface area contributed by atoms with Crippen molar-refractivity contribution < 1.29 is 33.8 Å². The lowest BCUT2D eigenvalue weighted by molar-refractivity contribution is -0.141. The topological polar surface area (TPSA) is 147 Å². The number of fused-ring (bicyclic) bond motifs is 1. The number of nitrogens with one attached hydrogen (secondary N) is 2. The van der Waals surface area contributed by atoms with Crippen LogP contribution in [0.25, 0.3) is 21.9 Å². The third kappa shape index (κ3) is 9.78. The molecule has 0 saturated heterocycles. The summed E-state index contributed by atoms with van der Waals surface area (Å²) in [6.45, 7) is 7.09. The van der Waals surface area contributed by atoms with E-state index in [1.165, 1.54) is 12.0 Å². The highest BCUT2D eigenvalue weighted by Crippen LogP contribution is 2.34. The van der Waals surface area contributed by atoms with Gasteiger partial charge in [0.25, 0.3) is 0 Å². The van der Waals surface area contributed by atoms with Crippen molar-refractivity contribution in [2.75, 3.05) is 25.1 Å². The van der Waals surface area contributed by atoms with Crippen molar-refractivity contribution in [1.82, 2.24) is 15.6 Å². The Kier molecular flexibility index (Phi) is 11.7. The molecule has 48 heavy (non-hydrogen) atoms. The number of nitrogens with zero attached hydrogens (tertiary/aromatic N) is 2. The van der Waals surface area contributed by atoms with E-state index < -0.39 is 29.6 Å². The van der Waals surface area contributed by atoms with Gasteiger partial charge in [-0.05, 0) is 80.0 Å². The number of aryl methyl sites for hydroxylation is 1. The quantitative estimate of drug-likeness (QED) is 0.158. The molecule has 11 heteroatoms. The van der Waals surface area contributed by atoms with Crippen LogP contribution in [0, 0.1) is 6.92 Å². The Morgan fingerprint density at radius 1 is 0.938 bits per heavy atom. The van der Waals surface area contributed by atoms with Gasteiger partial charge in [0, 0.05) is 24.5 Å². The molecule has 1 atom stereocenters. The molecule has 0 aliphatic rings. The molecular weight excluding hydrogens is 612 g/mol. The van der Waals surface area contributed by atoms with Gasteiger partial charge in [-0.15, -0.1) is 0 Å². The van der Waals surface area contributed by atoms with Gasteiger partial charge in [-0.2, -0.15) is 0 Å². The van der Waals surface area contributed by atoms with Crippen molar-refractivity contribution >= 4 is 40.5 Å². The minimum absolute atomic E-state index is 0.0530. The molecule has 0 saturated carbocycles. The molecule has 11 nitrogen and oxygen atoms in total. The number of hydrogen-bond acceptors (Lipinski definition) is 8. The zero-order valence-electron chi connectivity index (χ0n) is 27.9. The maximum atomic E-state index is 12.9. The van der Waals surface area contributed by atoms with Crippen LogP contribution in [-0.2, 0) is 23.9 Å². The number of carbonyl (C=O) groups excluding carboxylic acids is 4. The molecule has 1 heterocycles. The fourth-order valence-electron chi connectivity index (χ4n) is 5.13. The van der Waals surface area contributed by atoms with Gasteiger partial charge in [-0.25, -0.2) is 9.78 Å². The van der Waals surface area contributed by atoms with Gasteiger partial charge >= 0.3 is 12.1 Å². The van der Waals surface area contributed by atoms with E-state index in [0.29, 0.717) is 17.8 Å². The first-order valence-electron chi connectivity index (χ1n) is 15.7. The smallest absolute Gasteiger partial charge is 0.416 e. The Hall–Kier alpha value is -5.45. The number of benzene rings is 3. The number of aromatic hydroxyl groups is 1. The maximum absolute atomic E-state index is 12.9. The lowest BCUT2D eigenvalue weighted by Gasteiger charge is -2.27. The lowest BCUT2D eigenvalue weighted by Crippen LogP contribution is -2.40.